The molecule has 0 aliphatic rings. The summed E-state index contributed by atoms with van der Waals surface area (Å²) in [7, 11) is 1.56. The number of nitriles is 1. The van der Waals surface area contributed by atoms with E-state index in [1.807, 2.05) is 30.3 Å². The summed E-state index contributed by atoms with van der Waals surface area (Å²) in [4.78, 5) is 0. The number of azo groups is 1. The summed E-state index contributed by atoms with van der Waals surface area (Å²) in [5.74, 6) is 0.630. The summed E-state index contributed by atoms with van der Waals surface area (Å²) in [6, 6.07) is 16.5. The molecule has 0 N–H and O–H groups in total. The summed E-state index contributed by atoms with van der Waals surface area (Å²) < 4.78 is 5.05. The first kappa shape index (κ1) is 11.8. The molecule has 0 saturated carbocycles. The molecule has 0 aliphatic heterocycles. The number of nitrogens with zero attached hydrogens (tertiary/aromatic N) is 3. The molecule has 0 radical (unpaired) electrons. The molecule has 0 bridgehead atoms. The van der Waals surface area contributed by atoms with Gasteiger partial charge in [-0.1, -0.05) is 18.2 Å². The maximum atomic E-state index is 9.03. The third-order valence-corrected chi connectivity index (χ3v) is 2.35. The maximum Gasteiger partial charge on any atom is 0.120 e. The van der Waals surface area contributed by atoms with Crippen LogP contribution in [0.4, 0.5) is 11.4 Å². The molecule has 18 heavy (non-hydrogen) atoms. The van der Waals surface area contributed by atoms with Crippen LogP contribution in [-0.2, 0) is 0 Å². The van der Waals surface area contributed by atoms with E-state index in [0.29, 0.717) is 17.0 Å². The lowest BCUT2D eigenvalue weighted by atomic mass is 10.2. The molecular weight excluding hydrogens is 226 g/mol. The average Bonchev–Trinajstić information content (AvgIpc) is 2.46. The van der Waals surface area contributed by atoms with Crippen molar-refractivity contribution < 1.29 is 4.74 Å². The predicted octanol–water partition coefficient (Wildman–Crippen LogP) is 3.98. The van der Waals surface area contributed by atoms with E-state index >= 15 is 0 Å². The summed E-state index contributed by atoms with van der Waals surface area (Å²) in [5.41, 5.74) is 1.72. The van der Waals surface area contributed by atoms with Gasteiger partial charge in [-0.2, -0.15) is 10.4 Å². The van der Waals surface area contributed by atoms with Gasteiger partial charge in [0, 0.05) is 6.07 Å². The van der Waals surface area contributed by atoms with Crippen LogP contribution in [0.3, 0.4) is 0 Å². The number of ether oxygens (including phenoxy) is 1. The van der Waals surface area contributed by atoms with E-state index in [2.05, 4.69) is 16.3 Å². The first-order valence-corrected chi connectivity index (χ1v) is 5.38. The van der Waals surface area contributed by atoms with Gasteiger partial charge in [0.2, 0.25) is 0 Å². The van der Waals surface area contributed by atoms with Crippen molar-refractivity contribution in [1.82, 2.24) is 0 Å². The fourth-order valence-corrected chi connectivity index (χ4v) is 1.43. The zero-order chi connectivity index (χ0) is 12.8. The lowest BCUT2D eigenvalue weighted by Crippen LogP contribution is -1.83. The van der Waals surface area contributed by atoms with Crippen LogP contribution in [0, 0.1) is 11.3 Å². The van der Waals surface area contributed by atoms with Crippen molar-refractivity contribution in [1.29, 1.82) is 5.26 Å². The third-order valence-electron chi connectivity index (χ3n) is 2.35. The Morgan fingerprint density at radius 2 is 1.83 bits per heavy atom. The second-order valence-corrected chi connectivity index (χ2v) is 3.53. The van der Waals surface area contributed by atoms with Gasteiger partial charge in [-0.15, -0.1) is 5.11 Å². The monoisotopic (exact) mass is 237 g/mol. The summed E-state index contributed by atoms with van der Waals surface area (Å²) in [6.45, 7) is 0. The van der Waals surface area contributed by atoms with Crippen LogP contribution in [0.2, 0.25) is 0 Å². The maximum absolute atomic E-state index is 9.03. The molecule has 0 spiro atoms. The van der Waals surface area contributed by atoms with Crippen LogP contribution in [-0.4, -0.2) is 7.11 Å². The van der Waals surface area contributed by atoms with Gasteiger partial charge in [-0.3, -0.25) is 0 Å². The summed E-state index contributed by atoms with van der Waals surface area (Å²) in [5, 5.41) is 17.2. The zero-order valence-electron chi connectivity index (χ0n) is 9.87. The Bertz CT molecular complexity index is 600. The van der Waals surface area contributed by atoms with Crippen molar-refractivity contribution in [2.24, 2.45) is 10.2 Å². The molecule has 0 amide bonds. The minimum atomic E-state index is 0.439. The Morgan fingerprint density at radius 3 is 2.50 bits per heavy atom. The van der Waals surface area contributed by atoms with Crippen molar-refractivity contribution in [2.45, 2.75) is 0 Å². The van der Waals surface area contributed by atoms with Gasteiger partial charge < -0.3 is 4.74 Å². The second-order valence-electron chi connectivity index (χ2n) is 3.53. The Labute approximate surface area is 105 Å². The average molecular weight is 237 g/mol. The number of rotatable bonds is 3. The minimum Gasteiger partial charge on any atom is -0.497 e. The number of hydrogen-bond acceptors (Lipinski definition) is 4. The van der Waals surface area contributed by atoms with E-state index in [1.165, 1.54) is 0 Å². The molecule has 4 nitrogen and oxygen atoms in total. The lowest BCUT2D eigenvalue weighted by Gasteiger charge is -2.01. The van der Waals surface area contributed by atoms with Crippen LogP contribution in [0.25, 0.3) is 0 Å². The fraction of sp³-hybridized carbons (Fsp3) is 0.0714. The number of methoxy groups -OCH3 is 1. The highest BCUT2D eigenvalue weighted by Gasteiger charge is 2.02. The third kappa shape index (κ3) is 2.71. The summed E-state index contributed by atoms with van der Waals surface area (Å²) in [6.07, 6.45) is 0. The largest absolute Gasteiger partial charge is 0.497 e. The highest BCUT2D eigenvalue weighted by atomic mass is 16.5. The van der Waals surface area contributed by atoms with Gasteiger partial charge in [0.1, 0.15) is 17.5 Å². The Kier molecular flexibility index (Phi) is 3.67. The smallest absolute Gasteiger partial charge is 0.120 e. The Morgan fingerprint density at radius 1 is 1.06 bits per heavy atom. The molecule has 0 fully saturated rings. The van der Waals surface area contributed by atoms with Crippen LogP contribution >= 0.6 is 0 Å². The molecule has 0 aromatic heterocycles. The van der Waals surface area contributed by atoms with Crippen LogP contribution in [0.15, 0.2) is 58.8 Å². The molecule has 88 valence electrons. The van der Waals surface area contributed by atoms with Crippen molar-refractivity contribution in [3.63, 3.8) is 0 Å². The van der Waals surface area contributed by atoms with Crippen molar-refractivity contribution in [3.05, 3.63) is 54.1 Å². The van der Waals surface area contributed by atoms with E-state index in [1.54, 1.807) is 25.3 Å². The molecule has 0 unspecified atom stereocenters. The standard InChI is InChI=1S/C14H11N3O/c1-18-13-7-8-14(11(9-13)10-15)17-16-12-5-3-2-4-6-12/h2-9H,1H3. The predicted molar refractivity (Wildman–Crippen MR) is 68.3 cm³/mol. The zero-order valence-corrected chi connectivity index (χ0v) is 9.87. The highest BCUT2D eigenvalue weighted by molar-refractivity contribution is 5.56. The number of benzene rings is 2. The molecule has 0 atom stereocenters. The van der Waals surface area contributed by atoms with Gasteiger partial charge in [-0.25, -0.2) is 0 Å². The molecule has 2 aromatic rings. The number of hydrogen-bond donors (Lipinski definition) is 0. The first-order valence-electron chi connectivity index (χ1n) is 5.38. The van der Waals surface area contributed by atoms with Gasteiger partial charge in [-0.05, 0) is 24.3 Å². The summed E-state index contributed by atoms with van der Waals surface area (Å²) >= 11 is 0. The quantitative estimate of drug-likeness (QED) is 0.758. The van der Waals surface area contributed by atoms with Gasteiger partial charge >= 0.3 is 0 Å². The molecule has 0 aliphatic carbocycles. The van der Waals surface area contributed by atoms with Crippen LogP contribution in [0.1, 0.15) is 5.56 Å². The van der Waals surface area contributed by atoms with E-state index in [-0.39, 0.29) is 0 Å². The van der Waals surface area contributed by atoms with Gasteiger partial charge in [0.25, 0.3) is 0 Å². The highest BCUT2D eigenvalue weighted by Crippen LogP contribution is 2.25. The molecule has 4 heteroatoms. The lowest BCUT2D eigenvalue weighted by molar-refractivity contribution is 0.414. The second kappa shape index (κ2) is 5.60. The van der Waals surface area contributed by atoms with Crippen molar-refractivity contribution in [2.75, 3.05) is 7.11 Å². The SMILES string of the molecule is COc1ccc(N=Nc2ccccc2)c(C#N)c1. The van der Waals surface area contributed by atoms with E-state index in [4.69, 9.17) is 10.00 Å². The van der Waals surface area contributed by atoms with Crippen molar-refractivity contribution in [3.8, 4) is 11.8 Å². The molecule has 0 saturated heterocycles. The van der Waals surface area contributed by atoms with Gasteiger partial charge in [0.15, 0.2) is 0 Å². The molecule has 2 rings (SSSR count). The first-order chi connectivity index (χ1) is 8.83. The van der Waals surface area contributed by atoms with Crippen LogP contribution < -0.4 is 4.74 Å². The minimum absolute atomic E-state index is 0.439. The van der Waals surface area contributed by atoms with E-state index in [9.17, 15) is 0 Å². The van der Waals surface area contributed by atoms with Crippen LogP contribution in [0.5, 0.6) is 5.75 Å². The topological polar surface area (TPSA) is 57.7 Å². The van der Waals surface area contributed by atoms with E-state index in [0.717, 1.165) is 5.69 Å². The molecular formula is C14H11N3O. The van der Waals surface area contributed by atoms with Gasteiger partial charge in [0.05, 0.1) is 18.4 Å². The molecule has 0 heterocycles. The Hall–Kier alpha value is -2.67. The normalized spacial score (nSPS) is 10.2. The molecule has 2 aromatic carbocycles. The van der Waals surface area contributed by atoms with Crippen molar-refractivity contribution >= 4 is 11.4 Å². The Balaban J connectivity index is 2.30. The fourth-order valence-electron chi connectivity index (χ4n) is 1.43. The van der Waals surface area contributed by atoms with E-state index < -0.39 is 0 Å².